The number of nitrogens with one attached hydrogen (secondary N) is 1. The molecule has 2 aromatic rings. The Bertz CT molecular complexity index is 805. The van der Waals surface area contributed by atoms with Crippen molar-refractivity contribution >= 4 is 35.0 Å². The molecule has 1 aromatic carbocycles. The van der Waals surface area contributed by atoms with Gasteiger partial charge in [0.05, 0.1) is 23.4 Å². The summed E-state index contributed by atoms with van der Waals surface area (Å²) in [5.74, 6) is -0.0561. The van der Waals surface area contributed by atoms with Crippen LogP contribution in [0.15, 0.2) is 36.5 Å². The smallest absolute Gasteiger partial charge is 0.337 e. The Morgan fingerprint density at radius 3 is 2.44 bits per heavy atom. The lowest BCUT2D eigenvalue weighted by molar-refractivity contribution is 0.0600. The standard InChI is InChI=1S/C20H24ClN3O3/c1-4-10-24(11-5-2)18-13-14(8-9-22-18)19(25)23-17-12-15(20(26)27-3)6-7-16(17)21/h6-9,12-13H,4-5,10-11H2,1-3H3,(H,23,25). The maximum atomic E-state index is 12.7. The van der Waals surface area contributed by atoms with Crippen molar-refractivity contribution in [2.45, 2.75) is 26.7 Å². The fourth-order valence-corrected chi connectivity index (χ4v) is 2.84. The number of benzene rings is 1. The number of carbonyl (C=O) groups is 2. The molecular weight excluding hydrogens is 366 g/mol. The average molecular weight is 390 g/mol. The number of carbonyl (C=O) groups excluding carboxylic acids is 2. The van der Waals surface area contributed by atoms with E-state index in [1.807, 2.05) is 0 Å². The Kier molecular flexibility index (Phi) is 7.61. The monoisotopic (exact) mass is 389 g/mol. The van der Waals surface area contributed by atoms with Crippen LogP contribution >= 0.6 is 11.6 Å². The number of anilines is 2. The Balaban J connectivity index is 2.23. The predicted molar refractivity (Wildman–Crippen MR) is 108 cm³/mol. The average Bonchev–Trinajstić information content (AvgIpc) is 2.69. The van der Waals surface area contributed by atoms with Crippen molar-refractivity contribution in [1.82, 2.24) is 4.98 Å². The minimum atomic E-state index is -0.497. The molecule has 0 saturated carbocycles. The van der Waals surface area contributed by atoms with Crippen LogP contribution in [0.1, 0.15) is 47.4 Å². The van der Waals surface area contributed by atoms with Crippen LogP contribution in [0.4, 0.5) is 11.5 Å². The fraction of sp³-hybridized carbons (Fsp3) is 0.350. The van der Waals surface area contributed by atoms with Gasteiger partial charge >= 0.3 is 5.97 Å². The number of rotatable bonds is 8. The van der Waals surface area contributed by atoms with Crippen LogP contribution in [0.25, 0.3) is 0 Å². The van der Waals surface area contributed by atoms with Crippen molar-refractivity contribution in [2.24, 2.45) is 0 Å². The number of hydrogen-bond acceptors (Lipinski definition) is 5. The zero-order chi connectivity index (χ0) is 19.8. The van der Waals surface area contributed by atoms with E-state index in [0.29, 0.717) is 21.8 Å². The molecule has 6 nitrogen and oxygen atoms in total. The first-order valence-electron chi connectivity index (χ1n) is 8.90. The molecule has 0 spiro atoms. The lowest BCUT2D eigenvalue weighted by atomic mass is 10.2. The van der Waals surface area contributed by atoms with E-state index in [1.54, 1.807) is 30.5 Å². The molecule has 0 unspecified atom stereocenters. The number of esters is 1. The van der Waals surface area contributed by atoms with E-state index in [-0.39, 0.29) is 5.91 Å². The van der Waals surface area contributed by atoms with Gasteiger partial charge in [0.2, 0.25) is 0 Å². The van der Waals surface area contributed by atoms with E-state index < -0.39 is 5.97 Å². The second kappa shape index (κ2) is 9.92. The van der Waals surface area contributed by atoms with Gasteiger partial charge in [-0.2, -0.15) is 0 Å². The van der Waals surface area contributed by atoms with Crippen LogP contribution in [0.5, 0.6) is 0 Å². The number of halogens is 1. The molecule has 0 aliphatic rings. The fourth-order valence-electron chi connectivity index (χ4n) is 2.67. The lowest BCUT2D eigenvalue weighted by Crippen LogP contribution is -2.26. The van der Waals surface area contributed by atoms with Crippen LogP contribution in [-0.4, -0.2) is 37.1 Å². The molecule has 0 saturated heterocycles. The zero-order valence-electron chi connectivity index (χ0n) is 15.8. The maximum Gasteiger partial charge on any atom is 0.337 e. The molecule has 0 radical (unpaired) electrons. The summed E-state index contributed by atoms with van der Waals surface area (Å²) in [7, 11) is 1.30. The Morgan fingerprint density at radius 2 is 1.81 bits per heavy atom. The van der Waals surface area contributed by atoms with Crippen molar-refractivity contribution in [1.29, 1.82) is 0 Å². The van der Waals surface area contributed by atoms with Crippen molar-refractivity contribution in [3.05, 3.63) is 52.7 Å². The number of nitrogens with zero attached hydrogens (tertiary/aromatic N) is 2. The van der Waals surface area contributed by atoms with Gasteiger partial charge in [0, 0.05) is 24.8 Å². The maximum absolute atomic E-state index is 12.7. The number of pyridine rings is 1. The van der Waals surface area contributed by atoms with Crippen molar-refractivity contribution in [3.63, 3.8) is 0 Å². The molecule has 7 heteroatoms. The third kappa shape index (κ3) is 5.44. The van der Waals surface area contributed by atoms with Crippen molar-refractivity contribution in [2.75, 3.05) is 30.4 Å². The van der Waals surface area contributed by atoms with E-state index in [1.165, 1.54) is 13.2 Å². The molecule has 144 valence electrons. The molecule has 0 atom stereocenters. The first-order valence-corrected chi connectivity index (χ1v) is 9.28. The molecule has 1 aromatic heterocycles. The van der Waals surface area contributed by atoms with Gasteiger partial charge in [0.15, 0.2) is 0 Å². The summed E-state index contributed by atoms with van der Waals surface area (Å²) in [5.41, 5.74) is 1.13. The van der Waals surface area contributed by atoms with E-state index in [0.717, 1.165) is 31.7 Å². The molecule has 27 heavy (non-hydrogen) atoms. The summed E-state index contributed by atoms with van der Waals surface area (Å²) < 4.78 is 4.70. The second-order valence-corrected chi connectivity index (χ2v) is 6.44. The molecule has 0 fully saturated rings. The van der Waals surface area contributed by atoms with Gasteiger partial charge in [0.1, 0.15) is 5.82 Å². The van der Waals surface area contributed by atoms with Crippen LogP contribution < -0.4 is 10.2 Å². The highest BCUT2D eigenvalue weighted by Crippen LogP contribution is 2.24. The summed E-state index contributed by atoms with van der Waals surface area (Å²) in [6.07, 6.45) is 3.61. The van der Waals surface area contributed by atoms with E-state index in [9.17, 15) is 9.59 Å². The first-order chi connectivity index (χ1) is 13.0. The van der Waals surface area contributed by atoms with E-state index in [2.05, 4.69) is 29.0 Å². The highest BCUT2D eigenvalue weighted by molar-refractivity contribution is 6.34. The molecule has 1 heterocycles. The number of hydrogen-bond donors (Lipinski definition) is 1. The predicted octanol–water partition coefficient (Wildman–Crippen LogP) is 4.40. The first kappa shape index (κ1) is 20.7. The summed E-state index contributed by atoms with van der Waals surface area (Å²) >= 11 is 6.15. The van der Waals surface area contributed by atoms with Crippen LogP contribution in [0.2, 0.25) is 5.02 Å². The lowest BCUT2D eigenvalue weighted by Gasteiger charge is -2.22. The second-order valence-electron chi connectivity index (χ2n) is 6.03. The molecule has 0 aliphatic heterocycles. The largest absolute Gasteiger partial charge is 0.465 e. The molecule has 0 aliphatic carbocycles. The van der Waals surface area contributed by atoms with E-state index >= 15 is 0 Å². The summed E-state index contributed by atoms with van der Waals surface area (Å²) in [4.78, 5) is 30.9. The van der Waals surface area contributed by atoms with Gasteiger partial charge in [-0.15, -0.1) is 0 Å². The summed E-state index contributed by atoms with van der Waals surface area (Å²) in [6.45, 7) is 5.96. The number of aromatic nitrogens is 1. The summed E-state index contributed by atoms with van der Waals surface area (Å²) in [6, 6.07) is 7.99. The quantitative estimate of drug-likeness (QED) is 0.677. The third-order valence-electron chi connectivity index (χ3n) is 3.95. The zero-order valence-corrected chi connectivity index (χ0v) is 16.5. The van der Waals surface area contributed by atoms with Gasteiger partial charge in [-0.05, 0) is 43.2 Å². The van der Waals surface area contributed by atoms with Crippen molar-refractivity contribution in [3.8, 4) is 0 Å². The molecule has 2 rings (SSSR count). The minimum absolute atomic E-state index is 0.310. The topological polar surface area (TPSA) is 71.5 Å². The van der Waals surface area contributed by atoms with Crippen LogP contribution in [0.3, 0.4) is 0 Å². The van der Waals surface area contributed by atoms with Gasteiger partial charge < -0.3 is 15.0 Å². The SMILES string of the molecule is CCCN(CCC)c1cc(C(=O)Nc2cc(C(=O)OC)ccc2Cl)ccn1. The number of methoxy groups -OCH3 is 1. The minimum Gasteiger partial charge on any atom is -0.465 e. The number of amides is 1. The third-order valence-corrected chi connectivity index (χ3v) is 4.28. The number of ether oxygens (including phenoxy) is 1. The molecule has 1 amide bonds. The molecule has 1 N–H and O–H groups in total. The highest BCUT2D eigenvalue weighted by atomic mass is 35.5. The van der Waals surface area contributed by atoms with Crippen LogP contribution in [0, 0.1) is 0 Å². The Morgan fingerprint density at radius 1 is 1.11 bits per heavy atom. The Labute approximate surface area is 164 Å². The highest BCUT2D eigenvalue weighted by Gasteiger charge is 2.14. The summed E-state index contributed by atoms with van der Waals surface area (Å²) in [5, 5.41) is 3.09. The van der Waals surface area contributed by atoms with Crippen LogP contribution in [-0.2, 0) is 4.74 Å². The van der Waals surface area contributed by atoms with Gasteiger partial charge in [-0.1, -0.05) is 25.4 Å². The Hall–Kier alpha value is -2.60. The van der Waals surface area contributed by atoms with Gasteiger partial charge in [0.25, 0.3) is 5.91 Å². The molecule has 0 bridgehead atoms. The van der Waals surface area contributed by atoms with Crippen molar-refractivity contribution < 1.29 is 14.3 Å². The van der Waals surface area contributed by atoms with E-state index in [4.69, 9.17) is 16.3 Å². The molecular formula is C20H24ClN3O3. The van der Waals surface area contributed by atoms with Gasteiger partial charge in [-0.25, -0.2) is 9.78 Å². The van der Waals surface area contributed by atoms with Gasteiger partial charge in [-0.3, -0.25) is 4.79 Å². The normalized spacial score (nSPS) is 10.4.